The van der Waals surface area contributed by atoms with Gasteiger partial charge in [-0.2, -0.15) is 5.26 Å². The van der Waals surface area contributed by atoms with Gasteiger partial charge in [-0.05, 0) is 106 Å². The highest BCUT2D eigenvalue weighted by molar-refractivity contribution is 6.31. The topological polar surface area (TPSA) is 149 Å². The average molecular weight is 801 g/mol. The summed E-state index contributed by atoms with van der Waals surface area (Å²) >= 11 is 6.15. The third-order valence-electron chi connectivity index (χ3n) is 11.7. The fraction of sp³-hybridized carbons (Fsp3) is 0.463. The molecule has 0 bridgehead atoms. The van der Waals surface area contributed by atoms with Crippen molar-refractivity contribution in [1.82, 2.24) is 30.3 Å². The molecule has 4 aromatic rings. The van der Waals surface area contributed by atoms with Crippen molar-refractivity contribution in [1.29, 1.82) is 5.26 Å². The minimum atomic E-state index is -0.357. The predicted molar refractivity (Wildman–Crippen MR) is 217 cm³/mol. The molecule has 8 rings (SSSR count). The van der Waals surface area contributed by atoms with Gasteiger partial charge in [0.05, 0.1) is 27.9 Å². The van der Waals surface area contributed by atoms with E-state index in [2.05, 4.69) is 59.6 Å². The normalized spacial score (nSPS) is 22.2. The molecule has 1 atom stereocenters. The number of aromatic nitrogens is 3. The first-order valence-electron chi connectivity index (χ1n) is 19.5. The van der Waals surface area contributed by atoms with Crippen molar-refractivity contribution in [2.45, 2.75) is 76.0 Å². The Kier molecular flexibility index (Phi) is 12.3. The van der Waals surface area contributed by atoms with E-state index in [9.17, 15) is 14.4 Å². The number of nitriles is 1. The Labute approximate surface area is 337 Å². The number of hydrogen-bond donors (Lipinski definition) is 2. The fourth-order valence-corrected chi connectivity index (χ4v) is 8.92. The molecule has 3 saturated heterocycles. The number of urea groups is 1. The predicted octanol–water partition coefficient (Wildman–Crippen LogP) is 6.50. The van der Waals surface area contributed by atoms with Gasteiger partial charge in [0.1, 0.15) is 11.8 Å². The largest absolute Gasteiger partial charge is 0.490 e. The van der Waals surface area contributed by atoms with Crippen molar-refractivity contribution in [3.05, 3.63) is 77.1 Å². The number of fused-ring (bicyclic) bond motifs is 1. The summed E-state index contributed by atoms with van der Waals surface area (Å²) in [5.74, 6) is 1.62. The molecule has 15 heteroatoms. The Balaban J connectivity index is 0.00000480. The molecule has 1 aliphatic carbocycles. The first kappa shape index (κ1) is 39.3. The second-order valence-corrected chi connectivity index (χ2v) is 15.7. The molecule has 1 saturated carbocycles. The molecule has 0 unspecified atom stereocenters. The molecule has 4 fully saturated rings. The van der Waals surface area contributed by atoms with Crippen LogP contribution in [-0.2, 0) is 4.79 Å². The Morgan fingerprint density at radius 1 is 0.964 bits per heavy atom. The first-order valence-corrected chi connectivity index (χ1v) is 19.9. The maximum Gasteiger partial charge on any atom is 0.328 e. The van der Waals surface area contributed by atoms with E-state index < -0.39 is 0 Å². The van der Waals surface area contributed by atoms with Crippen LogP contribution in [0.25, 0.3) is 10.9 Å². The van der Waals surface area contributed by atoms with Crippen molar-refractivity contribution in [2.24, 2.45) is 5.92 Å². The van der Waals surface area contributed by atoms with Gasteiger partial charge in [0.2, 0.25) is 5.91 Å². The monoisotopic (exact) mass is 799 g/mol. The number of hydrogen-bond acceptors (Lipinski definition) is 9. The van der Waals surface area contributed by atoms with Crippen LogP contribution < -0.4 is 25.2 Å². The highest BCUT2D eigenvalue weighted by Gasteiger charge is 2.30. The maximum atomic E-state index is 13.0. The van der Waals surface area contributed by atoms with E-state index in [-0.39, 0.29) is 42.4 Å². The second kappa shape index (κ2) is 17.5. The number of imide groups is 1. The molecule has 13 nitrogen and oxygen atoms in total. The van der Waals surface area contributed by atoms with Gasteiger partial charge in [0.15, 0.2) is 11.5 Å². The minimum Gasteiger partial charge on any atom is -0.490 e. The van der Waals surface area contributed by atoms with E-state index in [4.69, 9.17) is 21.6 Å². The number of amides is 4. The van der Waals surface area contributed by atoms with E-state index in [1.165, 1.54) is 0 Å². The number of rotatable bonds is 9. The number of nitrogens with zero attached hydrogens (tertiary/aromatic N) is 7. The Morgan fingerprint density at radius 3 is 2.52 bits per heavy atom. The summed E-state index contributed by atoms with van der Waals surface area (Å²) in [7, 11) is 0. The van der Waals surface area contributed by atoms with Gasteiger partial charge in [-0.15, -0.1) is 22.6 Å². The Bertz CT molecular complexity index is 2090. The molecule has 0 spiro atoms. The average Bonchev–Trinajstić information content (AvgIpc) is 3.64. The summed E-state index contributed by atoms with van der Waals surface area (Å²) in [5, 5.41) is 24.8. The van der Waals surface area contributed by atoms with Crippen LogP contribution >= 0.6 is 24.0 Å². The van der Waals surface area contributed by atoms with Crippen molar-refractivity contribution in [3.8, 4) is 11.8 Å². The number of nitrogens with one attached hydrogen (secondary N) is 2. The van der Waals surface area contributed by atoms with Gasteiger partial charge in [-0.25, -0.2) is 4.79 Å². The summed E-state index contributed by atoms with van der Waals surface area (Å²) < 4.78 is 8.47. The maximum absolute atomic E-state index is 13.0. The van der Waals surface area contributed by atoms with Gasteiger partial charge in [0.25, 0.3) is 5.91 Å². The highest BCUT2D eigenvalue weighted by Crippen LogP contribution is 2.34. The van der Waals surface area contributed by atoms with Crippen LogP contribution in [0.15, 0.2) is 60.8 Å². The zero-order chi connectivity index (χ0) is 37.9. The molecule has 4 amide bonds. The van der Waals surface area contributed by atoms with Crippen molar-refractivity contribution >= 4 is 64.3 Å². The molecule has 5 heterocycles. The van der Waals surface area contributed by atoms with Crippen LogP contribution in [0, 0.1) is 17.2 Å². The van der Waals surface area contributed by atoms with Gasteiger partial charge >= 0.3 is 6.03 Å². The van der Waals surface area contributed by atoms with E-state index in [0.717, 1.165) is 106 Å². The first-order chi connectivity index (χ1) is 26.8. The summed E-state index contributed by atoms with van der Waals surface area (Å²) in [6, 6.07) is 19.1. The Hall–Kier alpha value is -4.90. The molecule has 2 N–H and O–H groups in total. The number of halogens is 2. The third-order valence-corrected chi connectivity index (χ3v) is 12.0. The van der Waals surface area contributed by atoms with Gasteiger partial charge in [-0.1, -0.05) is 17.7 Å². The third kappa shape index (κ3) is 8.73. The van der Waals surface area contributed by atoms with Gasteiger partial charge in [0, 0.05) is 68.9 Å². The molecule has 56 heavy (non-hydrogen) atoms. The van der Waals surface area contributed by atoms with Crippen molar-refractivity contribution in [2.75, 3.05) is 49.1 Å². The molecule has 294 valence electrons. The Morgan fingerprint density at radius 2 is 1.79 bits per heavy atom. The SMILES string of the molecule is Cl.N#Cc1ccc(OC2CCC(NC(=O)c3ccc(N4CCC(CN5CCC[C@@H](n6ccc7c(N8CCC(=O)NC8=O)cccc76)C5)CC4)nn3)CC2)cc1Cl. The molecular formula is C41H47Cl2N9O4. The van der Waals surface area contributed by atoms with Crippen LogP contribution in [0.1, 0.15) is 79.9 Å². The van der Waals surface area contributed by atoms with Crippen LogP contribution in [0.4, 0.5) is 16.3 Å². The van der Waals surface area contributed by atoms with Crippen molar-refractivity contribution in [3.63, 3.8) is 0 Å². The number of carbonyl (C=O) groups excluding carboxylic acids is 3. The van der Waals surface area contributed by atoms with Crippen LogP contribution in [0.2, 0.25) is 5.02 Å². The second-order valence-electron chi connectivity index (χ2n) is 15.3. The molecule has 3 aliphatic heterocycles. The summed E-state index contributed by atoms with van der Waals surface area (Å²) in [5.41, 5.74) is 2.71. The smallest absolute Gasteiger partial charge is 0.328 e. The molecule has 0 radical (unpaired) electrons. The summed E-state index contributed by atoms with van der Waals surface area (Å²) in [6.45, 7) is 5.36. The number of benzene rings is 2. The van der Waals surface area contributed by atoms with E-state index >= 15 is 0 Å². The lowest BCUT2D eigenvalue weighted by Crippen LogP contribution is -2.49. The van der Waals surface area contributed by atoms with E-state index in [0.29, 0.717) is 47.0 Å². The minimum absolute atomic E-state index is 0. The zero-order valence-electron chi connectivity index (χ0n) is 31.2. The van der Waals surface area contributed by atoms with Crippen LogP contribution in [-0.4, -0.2) is 88.9 Å². The molecule has 2 aromatic heterocycles. The highest BCUT2D eigenvalue weighted by atomic mass is 35.5. The number of anilines is 2. The number of ether oxygens (including phenoxy) is 1. The number of carbonyl (C=O) groups is 3. The van der Waals surface area contributed by atoms with Gasteiger partial charge in [-0.3, -0.25) is 19.8 Å². The summed E-state index contributed by atoms with van der Waals surface area (Å²) in [4.78, 5) is 43.9. The van der Waals surface area contributed by atoms with Gasteiger partial charge < -0.3 is 24.4 Å². The van der Waals surface area contributed by atoms with Crippen LogP contribution in [0.5, 0.6) is 5.75 Å². The standard InChI is InChI=1S/C41H46ClN9O4.ClH/c42-34-23-32(9-6-28(34)24-43)55-31-10-7-29(8-11-31)44-40(53)35-12-13-38(47-46-35)49-19-14-27(15-20-49)25-48-18-2-3-30(26-48)50-21-16-33-36(50)4-1-5-37(33)51-22-17-39(52)45-41(51)54;/h1,4-6,9,12-13,16,21,23,27,29-31H,2-3,7-8,10-11,14-15,17-20,22,25-26H2,(H,44,53)(H,45,52,54);1H/t29?,30-,31?;/m1./s1. The summed E-state index contributed by atoms with van der Waals surface area (Å²) in [6.07, 6.45) is 10.1. The zero-order valence-corrected chi connectivity index (χ0v) is 32.8. The number of piperidine rings is 2. The lowest BCUT2D eigenvalue weighted by Gasteiger charge is -2.39. The van der Waals surface area contributed by atoms with Crippen LogP contribution in [0.3, 0.4) is 0 Å². The van der Waals surface area contributed by atoms with E-state index in [1.807, 2.05) is 18.2 Å². The lowest BCUT2D eigenvalue weighted by atomic mass is 9.92. The quantitative estimate of drug-likeness (QED) is 0.194. The number of likely N-dealkylation sites (tertiary alicyclic amines) is 1. The molecule has 4 aliphatic rings. The van der Waals surface area contributed by atoms with E-state index in [1.54, 1.807) is 29.2 Å². The lowest BCUT2D eigenvalue weighted by molar-refractivity contribution is -0.120. The molecular weight excluding hydrogens is 753 g/mol. The molecule has 2 aromatic carbocycles. The van der Waals surface area contributed by atoms with Crippen molar-refractivity contribution < 1.29 is 19.1 Å². The fourth-order valence-electron chi connectivity index (χ4n) is 8.71.